The molecule has 2 aliphatic heterocycles. The maximum atomic E-state index is 13.0. The van der Waals surface area contributed by atoms with Gasteiger partial charge in [-0.05, 0) is 17.7 Å². The second kappa shape index (κ2) is 8.10. The van der Waals surface area contributed by atoms with E-state index < -0.39 is 0 Å². The lowest BCUT2D eigenvalue weighted by Gasteiger charge is -2.36. The summed E-state index contributed by atoms with van der Waals surface area (Å²) < 4.78 is 0. The Kier molecular flexibility index (Phi) is 5.41. The number of benzene rings is 1. The lowest BCUT2D eigenvalue weighted by atomic mass is 10.0. The third-order valence-electron chi connectivity index (χ3n) is 4.99. The van der Waals surface area contributed by atoms with Crippen LogP contribution in [0.3, 0.4) is 0 Å². The van der Waals surface area contributed by atoms with Gasteiger partial charge in [0, 0.05) is 56.5 Å². The third-order valence-corrected chi connectivity index (χ3v) is 5.93. The molecule has 2 aliphatic rings. The van der Waals surface area contributed by atoms with E-state index in [0.717, 1.165) is 55.6 Å². The van der Waals surface area contributed by atoms with Crippen LogP contribution in [0, 0.1) is 0 Å². The van der Waals surface area contributed by atoms with Crippen LogP contribution in [0.1, 0.15) is 22.0 Å². The minimum absolute atomic E-state index is 0.114. The highest BCUT2D eigenvalue weighted by Crippen LogP contribution is 2.25. The molecule has 0 bridgehead atoms. The van der Waals surface area contributed by atoms with Crippen LogP contribution >= 0.6 is 11.8 Å². The number of anilines is 1. The zero-order valence-corrected chi connectivity index (χ0v) is 15.6. The molecule has 1 atom stereocenters. The van der Waals surface area contributed by atoms with Crippen LogP contribution in [0.25, 0.3) is 0 Å². The summed E-state index contributed by atoms with van der Waals surface area (Å²) in [5, 5.41) is 3.58. The van der Waals surface area contributed by atoms with Gasteiger partial charge in [0.1, 0.15) is 5.82 Å². The summed E-state index contributed by atoms with van der Waals surface area (Å²) in [4.78, 5) is 21.9. The van der Waals surface area contributed by atoms with Gasteiger partial charge in [0.15, 0.2) is 0 Å². The highest BCUT2D eigenvalue weighted by atomic mass is 32.2. The first-order valence-corrected chi connectivity index (χ1v) is 10.3. The molecule has 6 heteroatoms. The molecule has 26 heavy (non-hydrogen) atoms. The van der Waals surface area contributed by atoms with Crippen molar-refractivity contribution in [2.45, 2.75) is 6.04 Å². The summed E-state index contributed by atoms with van der Waals surface area (Å²) in [6.45, 7) is 4.20. The molecule has 0 saturated carbocycles. The molecule has 4 rings (SSSR count). The SMILES string of the molecule is O=C(c1cccnc1N1CCN[C@H](c2ccccc2)C1)N1CCSCC1. The quantitative estimate of drug-likeness (QED) is 0.902. The molecule has 1 aromatic carbocycles. The van der Waals surface area contributed by atoms with Crippen LogP contribution < -0.4 is 10.2 Å². The fraction of sp³-hybridized carbons (Fsp3) is 0.400. The molecule has 2 aromatic rings. The van der Waals surface area contributed by atoms with E-state index in [2.05, 4.69) is 39.5 Å². The molecule has 0 spiro atoms. The number of hydrogen-bond acceptors (Lipinski definition) is 5. The van der Waals surface area contributed by atoms with E-state index in [9.17, 15) is 4.79 Å². The van der Waals surface area contributed by atoms with Crippen LogP contribution in [0.15, 0.2) is 48.7 Å². The molecule has 2 fully saturated rings. The lowest BCUT2D eigenvalue weighted by molar-refractivity contribution is 0.0772. The van der Waals surface area contributed by atoms with E-state index >= 15 is 0 Å². The smallest absolute Gasteiger partial charge is 0.257 e. The van der Waals surface area contributed by atoms with E-state index in [4.69, 9.17) is 0 Å². The van der Waals surface area contributed by atoms with Gasteiger partial charge in [-0.2, -0.15) is 11.8 Å². The van der Waals surface area contributed by atoms with E-state index in [0.29, 0.717) is 0 Å². The number of aromatic nitrogens is 1. The molecule has 1 N–H and O–H groups in total. The minimum Gasteiger partial charge on any atom is -0.353 e. The van der Waals surface area contributed by atoms with Gasteiger partial charge in [-0.3, -0.25) is 4.79 Å². The minimum atomic E-state index is 0.114. The largest absolute Gasteiger partial charge is 0.353 e. The maximum Gasteiger partial charge on any atom is 0.257 e. The summed E-state index contributed by atoms with van der Waals surface area (Å²) >= 11 is 1.91. The topological polar surface area (TPSA) is 48.5 Å². The monoisotopic (exact) mass is 368 g/mol. The molecule has 136 valence electrons. The molecule has 2 saturated heterocycles. The van der Waals surface area contributed by atoms with Crippen molar-refractivity contribution in [2.24, 2.45) is 0 Å². The van der Waals surface area contributed by atoms with E-state index in [-0.39, 0.29) is 11.9 Å². The number of carbonyl (C=O) groups excluding carboxylic acids is 1. The number of pyridine rings is 1. The van der Waals surface area contributed by atoms with Crippen molar-refractivity contribution in [3.05, 3.63) is 59.8 Å². The predicted molar refractivity (Wildman–Crippen MR) is 107 cm³/mol. The van der Waals surface area contributed by atoms with Crippen LogP contribution in [-0.4, -0.2) is 60.0 Å². The van der Waals surface area contributed by atoms with Crippen molar-refractivity contribution in [1.82, 2.24) is 15.2 Å². The summed E-state index contributed by atoms with van der Waals surface area (Å²) in [7, 11) is 0. The van der Waals surface area contributed by atoms with Crippen molar-refractivity contribution in [3.63, 3.8) is 0 Å². The van der Waals surface area contributed by atoms with Gasteiger partial charge < -0.3 is 15.1 Å². The van der Waals surface area contributed by atoms with Crippen LogP contribution in [-0.2, 0) is 0 Å². The first-order chi connectivity index (χ1) is 12.8. The standard InChI is InChI=1S/C20H24N4OS/c25-20(23-11-13-26-14-12-23)17-7-4-8-22-19(17)24-10-9-21-18(15-24)16-5-2-1-3-6-16/h1-8,18,21H,9-15H2/t18-/m0/s1. The Morgan fingerprint density at radius 2 is 1.88 bits per heavy atom. The second-order valence-corrected chi connectivity index (χ2v) is 7.87. The highest BCUT2D eigenvalue weighted by Gasteiger charge is 2.27. The highest BCUT2D eigenvalue weighted by molar-refractivity contribution is 7.99. The average molecular weight is 369 g/mol. The average Bonchev–Trinajstić information content (AvgIpc) is 2.74. The molecule has 1 amide bonds. The first kappa shape index (κ1) is 17.4. The molecular formula is C20H24N4OS. The summed E-state index contributed by atoms with van der Waals surface area (Å²) in [5.74, 6) is 2.97. The summed E-state index contributed by atoms with van der Waals surface area (Å²) in [5.41, 5.74) is 2.00. The normalized spacial score (nSPS) is 20.8. The van der Waals surface area contributed by atoms with Crippen molar-refractivity contribution in [3.8, 4) is 0 Å². The van der Waals surface area contributed by atoms with Crippen molar-refractivity contribution in [2.75, 3.05) is 49.1 Å². The van der Waals surface area contributed by atoms with Crippen molar-refractivity contribution >= 4 is 23.5 Å². The van der Waals surface area contributed by atoms with Gasteiger partial charge >= 0.3 is 0 Å². The van der Waals surface area contributed by atoms with Gasteiger partial charge in [-0.25, -0.2) is 4.98 Å². The van der Waals surface area contributed by atoms with Crippen LogP contribution in [0.5, 0.6) is 0 Å². The number of nitrogens with zero attached hydrogens (tertiary/aromatic N) is 3. The Bertz CT molecular complexity index is 748. The zero-order valence-electron chi connectivity index (χ0n) is 14.8. The van der Waals surface area contributed by atoms with Gasteiger partial charge in [-0.15, -0.1) is 0 Å². The molecule has 5 nitrogen and oxygen atoms in total. The Morgan fingerprint density at radius 1 is 1.08 bits per heavy atom. The van der Waals surface area contributed by atoms with E-state index in [1.54, 1.807) is 6.20 Å². The molecule has 0 unspecified atom stereocenters. The van der Waals surface area contributed by atoms with E-state index in [1.165, 1.54) is 5.56 Å². The number of hydrogen-bond donors (Lipinski definition) is 1. The van der Waals surface area contributed by atoms with Gasteiger partial charge in [0.05, 0.1) is 5.56 Å². The Morgan fingerprint density at radius 3 is 2.69 bits per heavy atom. The van der Waals surface area contributed by atoms with Crippen molar-refractivity contribution in [1.29, 1.82) is 0 Å². The first-order valence-electron chi connectivity index (χ1n) is 9.18. The fourth-order valence-electron chi connectivity index (χ4n) is 3.60. The third kappa shape index (κ3) is 3.71. The number of nitrogens with one attached hydrogen (secondary N) is 1. The maximum absolute atomic E-state index is 13.0. The summed E-state index contributed by atoms with van der Waals surface area (Å²) in [6, 6.07) is 14.5. The number of amides is 1. The lowest BCUT2D eigenvalue weighted by Crippen LogP contribution is -2.47. The molecule has 1 aromatic heterocycles. The van der Waals surface area contributed by atoms with Gasteiger partial charge in [-0.1, -0.05) is 30.3 Å². The van der Waals surface area contributed by atoms with Crippen LogP contribution in [0.2, 0.25) is 0 Å². The number of thioether (sulfide) groups is 1. The van der Waals surface area contributed by atoms with Gasteiger partial charge in [0.25, 0.3) is 5.91 Å². The Labute approximate surface area is 158 Å². The zero-order chi connectivity index (χ0) is 17.8. The van der Waals surface area contributed by atoms with Crippen molar-refractivity contribution < 1.29 is 4.79 Å². The van der Waals surface area contributed by atoms with Crippen LogP contribution in [0.4, 0.5) is 5.82 Å². The molecule has 3 heterocycles. The Hall–Kier alpha value is -2.05. The van der Waals surface area contributed by atoms with Gasteiger partial charge in [0.2, 0.25) is 0 Å². The number of carbonyl (C=O) groups is 1. The Balaban J connectivity index is 1.56. The number of rotatable bonds is 3. The second-order valence-electron chi connectivity index (χ2n) is 6.64. The van der Waals surface area contributed by atoms with E-state index in [1.807, 2.05) is 34.9 Å². The molecular weight excluding hydrogens is 344 g/mol. The molecule has 0 radical (unpaired) electrons. The molecule has 0 aliphatic carbocycles. The fourth-order valence-corrected chi connectivity index (χ4v) is 4.51. The summed E-state index contributed by atoms with van der Waals surface area (Å²) in [6.07, 6.45) is 1.79. The number of piperazine rings is 1. The predicted octanol–water partition coefficient (Wildman–Crippen LogP) is 2.42.